The van der Waals surface area contributed by atoms with Gasteiger partial charge in [-0.15, -0.1) is 0 Å². The summed E-state index contributed by atoms with van der Waals surface area (Å²) in [6, 6.07) is 6.06. The molecule has 0 aliphatic carbocycles. The summed E-state index contributed by atoms with van der Waals surface area (Å²) in [4.78, 5) is 4.93. The maximum atomic E-state index is 5.62. The van der Waals surface area contributed by atoms with Gasteiger partial charge in [-0.3, -0.25) is 0 Å². The predicted molar refractivity (Wildman–Crippen MR) is 46.7 cm³/mol. The Bertz CT molecular complexity index is 344. The Hall–Kier alpha value is -1.51. The molecule has 0 spiro atoms. The molecular formula is C9H10N2O. The van der Waals surface area contributed by atoms with Crippen LogP contribution in [0.3, 0.4) is 0 Å². The molecule has 0 saturated heterocycles. The second-order valence-corrected chi connectivity index (χ2v) is 2.91. The Kier molecular flexibility index (Phi) is 1.50. The molecule has 1 aromatic rings. The van der Waals surface area contributed by atoms with Crippen molar-refractivity contribution in [3.8, 4) is 0 Å². The fourth-order valence-electron chi connectivity index (χ4n) is 1.31. The zero-order valence-electron chi connectivity index (χ0n) is 6.87. The van der Waals surface area contributed by atoms with Crippen LogP contribution in [0, 0.1) is 6.92 Å². The number of nitrogens with two attached hydrogens (primary N) is 1. The van der Waals surface area contributed by atoms with Crippen molar-refractivity contribution in [2.45, 2.75) is 13.5 Å². The Labute approximate surface area is 70.8 Å². The Morgan fingerprint density at radius 1 is 1.50 bits per heavy atom. The van der Waals surface area contributed by atoms with E-state index in [9.17, 15) is 0 Å². The number of benzene rings is 1. The van der Waals surface area contributed by atoms with Crippen LogP contribution in [0.5, 0.6) is 0 Å². The zero-order chi connectivity index (χ0) is 8.55. The third kappa shape index (κ3) is 1.03. The molecule has 0 unspecified atom stereocenters. The minimum Gasteiger partial charge on any atom is -0.389 e. The second kappa shape index (κ2) is 2.52. The standard InChI is InChI=1S/C9H10N2O/c1-6-2-3-8-7(4-6)5-12-11-9(8)10/h2-4H,5H2,1H3,(H2,10,11). The first-order valence-electron chi connectivity index (χ1n) is 3.83. The molecule has 0 saturated carbocycles. The summed E-state index contributed by atoms with van der Waals surface area (Å²) in [5, 5.41) is 3.70. The minimum absolute atomic E-state index is 0.469. The number of hydrogen-bond donors (Lipinski definition) is 1. The first-order valence-corrected chi connectivity index (χ1v) is 3.83. The van der Waals surface area contributed by atoms with Gasteiger partial charge in [0.15, 0.2) is 5.84 Å². The van der Waals surface area contributed by atoms with Crippen LogP contribution in [0.4, 0.5) is 0 Å². The number of aryl methyl sites for hydroxylation is 1. The molecule has 1 aromatic carbocycles. The molecule has 0 radical (unpaired) electrons. The van der Waals surface area contributed by atoms with Crippen LogP contribution >= 0.6 is 0 Å². The first kappa shape index (κ1) is 7.16. The lowest BCUT2D eigenvalue weighted by molar-refractivity contribution is 0.125. The van der Waals surface area contributed by atoms with Crippen molar-refractivity contribution in [1.82, 2.24) is 0 Å². The van der Waals surface area contributed by atoms with E-state index in [1.807, 2.05) is 19.1 Å². The van der Waals surface area contributed by atoms with Crippen molar-refractivity contribution < 1.29 is 4.84 Å². The maximum Gasteiger partial charge on any atom is 0.170 e. The van der Waals surface area contributed by atoms with Gasteiger partial charge < -0.3 is 10.6 Å². The molecule has 1 aliphatic heterocycles. The van der Waals surface area contributed by atoms with E-state index < -0.39 is 0 Å². The van der Waals surface area contributed by atoms with E-state index in [0.29, 0.717) is 12.4 Å². The maximum absolute atomic E-state index is 5.62. The van der Waals surface area contributed by atoms with Crippen LogP contribution in [-0.2, 0) is 11.4 Å². The summed E-state index contributed by atoms with van der Waals surface area (Å²) >= 11 is 0. The Morgan fingerprint density at radius 2 is 2.33 bits per heavy atom. The highest BCUT2D eigenvalue weighted by molar-refractivity contribution is 5.98. The number of rotatable bonds is 0. The molecule has 0 fully saturated rings. The summed E-state index contributed by atoms with van der Waals surface area (Å²) in [6.45, 7) is 2.57. The van der Waals surface area contributed by atoms with Crippen LogP contribution in [0.1, 0.15) is 16.7 Å². The van der Waals surface area contributed by atoms with Gasteiger partial charge in [0, 0.05) is 11.1 Å². The van der Waals surface area contributed by atoms with Crippen LogP contribution < -0.4 is 5.73 Å². The first-order chi connectivity index (χ1) is 5.77. The Morgan fingerprint density at radius 3 is 3.17 bits per heavy atom. The van der Waals surface area contributed by atoms with Crippen LogP contribution in [0.25, 0.3) is 0 Å². The van der Waals surface area contributed by atoms with Gasteiger partial charge in [0.05, 0.1) is 0 Å². The monoisotopic (exact) mass is 162 g/mol. The second-order valence-electron chi connectivity index (χ2n) is 2.91. The van der Waals surface area contributed by atoms with Gasteiger partial charge in [-0.1, -0.05) is 28.9 Å². The molecule has 62 valence electrons. The molecule has 2 rings (SSSR count). The van der Waals surface area contributed by atoms with Crippen LogP contribution in [-0.4, -0.2) is 5.84 Å². The number of amidine groups is 1. The average Bonchev–Trinajstić information content (AvgIpc) is 2.04. The van der Waals surface area contributed by atoms with Gasteiger partial charge in [0.2, 0.25) is 0 Å². The molecule has 0 aromatic heterocycles. The fraction of sp³-hybridized carbons (Fsp3) is 0.222. The van der Waals surface area contributed by atoms with E-state index in [4.69, 9.17) is 10.6 Å². The normalized spacial score (nSPS) is 14.6. The average molecular weight is 162 g/mol. The van der Waals surface area contributed by atoms with Gasteiger partial charge in [-0.25, -0.2) is 0 Å². The number of hydrogen-bond acceptors (Lipinski definition) is 3. The van der Waals surface area contributed by atoms with E-state index in [1.165, 1.54) is 5.56 Å². The highest BCUT2D eigenvalue weighted by Gasteiger charge is 2.11. The van der Waals surface area contributed by atoms with Crippen molar-refractivity contribution in [2.75, 3.05) is 0 Å². The highest BCUT2D eigenvalue weighted by Crippen LogP contribution is 2.16. The quantitative estimate of drug-likeness (QED) is 0.622. The van der Waals surface area contributed by atoms with Crippen molar-refractivity contribution in [2.24, 2.45) is 10.9 Å². The molecule has 2 N–H and O–H groups in total. The zero-order valence-corrected chi connectivity index (χ0v) is 6.87. The molecule has 3 heteroatoms. The van der Waals surface area contributed by atoms with Crippen molar-refractivity contribution in [1.29, 1.82) is 0 Å². The molecule has 0 amide bonds. The summed E-state index contributed by atoms with van der Waals surface area (Å²) in [7, 11) is 0. The molecule has 1 heterocycles. The highest BCUT2D eigenvalue weighted by atomic mass is 16.6. The number of fused-ring (bicyclic) bond motifs is 1. The summed E-state index contributed by atoms with van der Waals surface area (Å²) in [5.74, 6) is 0.469. The van der Waals surface area contributed by atoms with Gasteiger partial charge >= 0.3 is 0 Å². The van der Waals surface area contributed by atoms with E-state index in [1.54, 1.807) is 0 Å². The van der Waals surface area contributed by atoms with Gasteiger partial charge in [0.1, 0.15) is 6.61 Å². The summed E-state index contributed by atoms with van der Waals surface area (Å²) in [5.41, 5.74) is 8.94. The molecule has 1 aliphatic rings. The third-order valence-corrected chi connectivity index (χ3v) is 1.92. The van der Waals surface area contributed by atoms with Crippen molar-refractivity contribution >= 4 is 5.84 Å². The fourth-order valence-corrected chi connectivity index (χ4v) is 1.31. The van der Waals surface area contributed by atoms with E-state index in [2.05, 4.69) is 11.2 Å². The van der Waals surface area contributed by atoms with Crippen LogP contribution in [0.2, 0.25) is 0 Å². The van der Waals surface area contributed by atoms with E-state index >= 15 is 0 Å². The number of nitrogens with zero attached hydrogens (tertiary/aromatic N) is 1. The van der Waals surface area contributed by atoms with Gasteiger partial charge in [-0.05, 0) is 6.92 Å². The molecule has 0 bridgehead atoms. The molecule has 0 atom stereocenters. The molecule has 3 nitrogen and oxygen atoms in total. The molecular weight excluding hydrogens is 152 g/mol. The van der Waals surface area contributed by atoms with Crippen molar-refractivity contribution in [3.05, 3.63) is 34.9 Å². The summed E-state index contributed by atoms with van der Waals surface area (Å²) in [6.07, 6.45) is 0. The Balaban J connectivity index is 2.56. The SMILES string of the molecule is Cc1ccc2c(c1)CON=C2N. The predicted octanol–water partition coefficient (Wildman–Crippen LogP) is 1.15. The van der Waals surface area contributed by atoms with Gasteiger partial charge in [-0.2, -0.15) is 0 Å². The van der Waals surface area contributed by atoms with E-state index in [0.717, 1.165) is 11.1 Å². The summed E-state index contributed by atoms with van der Waals surface area (Å²) < 4.78 is 0. The minimum atomic E-state index is 0.469. The number of oxime groups is 1. The van der Waals surface area contributed by atoms with Crippen molar-refractivity contribution in [3.63, 3.8) is 0 Å². The smallest absolute Gasteiger partial charge is 0.170 e. The topological polar surface area (TPSA) is 47.6 Å². The lowest BCUT2D eigenvalue weighted by atomic mass is 10.0. The van der Waals surface area contributed by atoms with Gasteiger partial charge in [0.25, 0.3) is 0 Å². The lowest BCUT2D eigenvalue weighted by Gasteiger charge is -2.13. The third-order valence-electron chi connectivity index (χ3n) is 1.92. The largest absolute Gasteiger partial charge is 0.389 e. The van der Waals surface area contributed by atoms with E-state index in [-0.39, 0.29) is 0 Å². The lowest BCUT2D eigenvalue weighted by Crippen LogP contribution is -2.19. The van der Waals surface area contributed by atoms with Crippen LogP contribution in [0.15, 0.2) is 23.4 Å². The molecule has 12 heavy (non-hydrogen) atoms.